The Kier molecular flexibility index (Phi) is 6.35. The van der Waals surface area contributed by atoms with Crippen molar-refractivity contribution in [3.05, 3.63) is 62.8 Å². The molecule has 8 heteroatoms. The zero-order valence-electron chi connectivity index (χ0n) is 17.3. The Morgan fingerprint density at radius 1 is 1.10 bits per heavy atom. The van der Waals surface area contributed by atoms with Crippen LogP contribution in [0, 0.1) is 0 Å². The molecule has 0 aliphatic carbocycles. The van der Waals surface area contributed by atoms with Gasteiger partial charge >= 0.3 is 0 Å². The fourth-order valence-corrected chi connectivity index (χ4v) is 3.87. The summed E-state index contributed by atoms with van der Waals surface area (Å²) in [4.78, 5) is 27.8. The Hall–Kier alpha value is -2.84. The average Bonchev–Trinajstić information content (AvgIpc) is 3.08. The van der Waals surface area contributed by atoms with Gasteiger partial charge in [-0.25, -0.2) is 0 Å². The minimum Gasteiger partial charge on any atom is -0.494 e. The van der Waals surface area contributed by atoms with Gasteiger partial charge in [-0.3, -0.25) is 24.3 Å². The number of morpholine rings is 1. The second-order valence-electron chi connectivity index (χ2n) is 7.56. The molecule has 160 valence electrons. The lowest BCUT2D eigenvalue weighted by molar-refractivity contribution is 0.0359. The molecule has 0 amide bonds. The smallest absolute Gasteiger partial charge is 0.276 e. The zero-order chi connectivity index (χ0) is 20.9. The lowest BCUT2D eigenvalue weighted by atomic mass is 10.1. The number of ether oxygens (including phenoxy) is 2. The molecule has 0 saturated carbocycles. The Labute approximate surface area is 174 Å². The van der Waals surface area contributed by atoms with Crippen LogP contribution in [0.3, 0.4) is 0 Å². The molecule has 3 heterocycles. The van der Waals surface area contributed by atoms with E-state index in [9.17, 15) is 9.59 Å². The van der Waals surface area contributed by atoms with Crippen LogP contribution in [0.25, 0.3) is 10.9 Å². The molecule has 8 nitrogen and oxygen atoms in total. The number of fused-ring (bicyclic) bond motifs is 1. The second kappa shape index (κ2) is 9.32. The van der Waals surface area contributed by atoms with Gasteiger partial charge in [0.2, 0.25) is 0 Å². The van der Waals surface area contributed by atoms with Crippen molar-refractivity contribution in [1.29, 1.82) is 0 Å². The summed E-state index contributed by atoms with van der Waals surface area (Å²) in [5.74, 6) is 0.816. The zero-order valence-corrected chi connectivity index (χ0v) is 17.3. The third kappa shape index (κ3) is 4.49. The summed E-state index contributed by atoms with van der Waals surface area (Å²) >= 11 is 0. The first-order valence-electron chi connectivity index (χ1n) is 10.4. The molecule has 0 bridgehead atoms. The number of aromatic nitrogens is 3. The summed E-state index contributed by atoms with van der Waals surface area (Å²) in [7, 11) is 1.72. The molecule has 0 atom stereocenters. The standard InChI is InChI=1S/C22H28N4O4/c1-24-19(8-5-13-30-17-6-3-2-4-7-17)21-18(16-20(24)27)23-26(22(21)28)10-9-25-11-14-29-15-12-25/h2-4,6-7,16,23H,5,8-15H2,1H3. The number of rotatable bonds is 8. The van der Waals surface area contributed by atoms with Gasteiger partial charge in [0.15, 0.2) is 0 Å². The quantitative estimate of drug-likeness (QED) is 0.565. The minimum atomic E-state index is -0.122. The second-order valence-corrected chi connectivity index (χ2v) is 7.56. The molecule has 1 fully saturated rings. The van der Waals surface area contributed by atoms with E-state index in [1.807, 2.05) is 30.3 Å². The van der Waals surface area contributed by atoms with Crippen LogP contribution in [0.4, 0.5) is 0 Å². The number of hydrogen-bond acceptors (Lipinski definition) is 5. The number of benzene rings is 1. The van der Waals surface area contributed by atoms with Gasteiger partial charge < -0.3 is 14.0 Å². The van der Waals surface area contributed by atoms with Crippen LogP contribution in [0.1, 0.15) is 12.1 Å². The molecule has 3 aromatic rings. The third-order valence-electron chi connectivity index (χ3n) is 5.59. The number of para-hydroxylation sites is 1. The van der Waals surface area contributed by atoms with E-state index in [1.54, 1.807) is 16.3 Å². The van der Waals surface area contributed by atoms with E-state index in [-0.39, 0.29) is 11.1 Å². The van der Waals surface area contributed by atoms with Crippen molar-refractivity contribution in [1.82, 2.24) is 19.2 Å². The highest BCUT2D eigenvalue weighted by Gasteiger charge is 2.17. The molecule has 30 heavy (non-hydrogen) atoms. The van der Waals surface area contributed by atoms with E-state index in [1.165, 1.54) is 6.07 Å². The number of nitrogens with one attached hydrogen (secondary N) is 1. The summed E-state index contributed by atoms with van der Waals surface area (Å²) in [5.41, 5.74) is 1.15. The average molecular weight is 412 g/mol. The summed E-state index contributed by atoms with van der Waals surface area (Å²) in [6.45, 7) is 5.06. The van der Waals surface area contributed by atoms with Gasteiger partial charge in [-0.1, -0.05) is 18.2 Å². The van der Waals surface area contributed by atoms with E-state index in [0.29, 0.717) is 36.9 Å². The lowest BCUT2D eigenvalue weighted by Crippen LogP contribution is -2.39. The topological polar surface area (TPSA) is 81.5 Å². The predicted molar refractivity (Wildman–Crippen MR) is 115 cm³/mol. The Balaban J connectivity index is 1.49. The number of H-pyrrole nitrogens is 1. The number of aryl methyl sites for hydroxylation is 1. The molecular weight excluding hydrogens is 384 g/mol. The molecule has 1 N–H and O–H groups in total. The maximum Gasteiger partial charge on any atom is 0.276 e. The number of pyridine rings is 1. The highest BCUT2D eigenvalue weighted by atomic mass is 16.5. The monoisotopic (exact) mass is 412 g/mol. The molecule has 4 rings (SSSR count). The van der Waals surface area contributed by atoms with Crippen LogP contribution < -0.4 is 15.9 Å². The van der Waals surface area contributed by atoms with Gasteiger partial charge in [-0.05, 0) is 25.0 Å². The van der Waals surface area contributed by atoms with Gasteiger partial charge in [0.25, 0.3) is 11.1 Å². The van der Waals surface area contributed by atoms with Gasteiger partial charge in [0.1, 0.15) is 5.75 Å². The van der Waals surface area contributed by atoms with Crippen molar-refractivity contribution in [3.63, 3.8) is 0 Å². The first kappa shape index (κ1) is 20.4. The fraction of sp³-hybridized carbons (Fsp3) is 0.455. The van der Waals surface area contributed by atoms with Crippen molar-refractivity contribution >= 4 is 10.9 Å². The minimum absolute atomic E-state index is 0.0761. The Morgan fingerprint density at radius 2 is 1.87 bits per heavy atom. The van der Waals surface area contributed by atoms with Gasteiger partial charge in [0, 0.05) is 38.4 Å². The van der Waals surface area contributed by atoms with Crippen molar-refractivity contribution < 1.29 is 9.47 Å². The van der Waals surface area contributed by atoms with E-state index in [0.717, 1.165) is 44.3 Å². The van der Waals surface area contributed by atoms with Crippen LogP contribution >= 0.6 is 0 Å². The summed E-state index contributed by atoms with van der Waals surface area (Å²) in [5, 5.41) is 3.73. The molecular formula is C22H28N4O4. The predicted octanol–water partition coefficient (Wildman–Crippen LogP) is 1.37. The highest BCUT2D eigenvalue weighted by Crippen LogP contribution is 2.14. The lowest BCUT2D eigenvalue weighted by Gasteiger charge is -2.26. The third-order valence-corrected chi connectivity index (χ3v) is 5.59. The SMILES string of the molecule is Cn1c(CCCOc2ccccc2)c2c(=O)n(CCN3CCOCC3)[nH]c2cc1=O. The highest BCUT2D eigenvalue weighted by molar-refractivity contribution is 5.80. The van der Waals surface area contributed by atoms with Crippen LogP contribution in [0.2, 0.25) is 0 Å². The van der Waals surface area contributed by atoms with E-state index in [4.69, 9.17) is 9.47 Å². The normalized spacial score (nSPS) is 15.0. The molecule has 1 aromatic carbocycles. The maximum atomic E-state index is 13.1. The van der Waals surface area contributed by atoms with Crippen molar-refractivity contribution in [3.8, 4) is 5.75 Å². The molecule has 2 aromatic heterocycles. The van der Waals surface area contributed by atoms with Crippen LogP contribution in [-0.2, 0) is 24.8 Å². The van der Waals surface area contributed by atoms with Gasteiger partial charge in [-0.15, -0.1) is 0 Å². The van der Waals surface area contributed by atoms with Crippen molar-refractivity contribution in [2.24, 2.45) is 7.05 Å². The summed E-state index contributed by atoms with van der Waals surface area (Å²) in [6.07, 6.45) is 1.30. The Morgan fingerprint density at radius 3 is 2.63 bits per heavy atom. The fourth-order valence-electron chi connectivity index (χ4n) is 3.87. The van der Waals surface area contributed by atoms with Gasteiger partial charge in [0.05, 0.1) is 37.3 Å². The Bertz CT molecular complexity index is 1090. The first-order chi connectivity index (χ1) is 14.6. The molecule has 0 unspecified atom stereocenters. The molecule has 1 aliphatic heterocycles. The maximum absolute atomic E-state index is 13.1. The van der Waals surface area contributed by atoms with Gasteiger partial charge in [-0.2, -0.15) is 0 Å². The van der Waals surface area contributed by atoms with E-state index >= 15 is 0 Å². The van der Waals surface area contributed by atoms with E-state index < -0.39 is 0 Å². The number of aromatic amines is 1. The summed E-state index contributed by atoms with van der Waals surface area (Å²) < 4.78 is 14.3. The first-order valence-corrected chi connectivity index (χ1v) is 10.4. The molecule has 0 spiro atoms. The van der Waals surface area contributed by atoms with Crippen molar-refractivity contribution in [2.45, 2.75) is 19.4 Å². The number of nitrogens with zero attached hydrogens (tertiary/aromatic N) is 3. The van der Waals surface area contributed by atoms with E-state index in [2.05, 4.69) is 10.00 Å². The molecule has 1 aliphatic rings. The van der Waals surface area contributed by atoms with Crippen LogP contribution in [-0.4, -0.2) is 58.7 Å². The van der Waals surface area contributed by atoms with Crippen molar-refractivity contribution in [2.75, 3.05) is 39.5 Å². The molecule has 0 radical (unpaired) electrons. The van der Waals surface area contributed by atoms with Crippen LogP contribution in [0.15, 0.2) is 46.0 Å². The largest absolute Gasteiger partial charge is 0.494 e. The summed E-state index contributed by atoms with van der Waals surface area (Å²) in [6, 6.07) is 11.1. The molecule has 1 saturated heterocycles. The number of hydrogen-bond donors (Lipinski definition) is 1. The van der Waals surface area contributed by atoms with Crippen LogP contribution in [0.5, 0.6) is 5.75 Å².